The van der Waals surface area contributed by atoms with Gasteiger partial charge in [0.05, 0.1) is 0 Å². The maximum atomic E-state index is 9.67. The fraction of sp³-hybridized carbons (Fsp3) is 0.333. The van der Waals surface area contributed by atoms with Crippen LogP contribution in [-0.4, -0.2) is 6.68 Å². The molecule has 0 spiro atoms. The summed E-state index contributed by atoms with van der Waals surface area (Å²) in [5.74, 6) is 0. The maximum Gasteiger partial charge on any atom is 0.379 e. The van der Waals surface area contributed by atoms with Gasteiger partial charge in [-0.3, -0.25) is 0 Å². The Bertz CT molecular complexity index is 34.4. The van der Waals surface area contributed by atoms with E-state index in [2.05, 4.69) is 6.58 Å². The van der Waals surface area contributed by atoms with Gasteiger partial charge in [0.2, 0.25) is 0 Å². The lowest BCUT2D eigenvalue weighted by molar-refractivity contribution is 0.00819. The van der Waals surface area contributed by atoms with Gasteiger partial charge in [0.15, 0.2) is 0 Å². The Hall–Kier alpha value is -0.180. The highest BCUT2D eigenvalue weighted by atomic mass is 35.5. The van der Waals surface area contributed by atoms with Crippen molar-refractivity contribution in [2.24, 2.45) is 0 Å². The molecule has 0 fully saturated rings. The van der Waals surface area contributed by atoms with Crippen molar-refractivity contribution in [2.45, 2.75) is 6.68 Å². The van der Waals surface area contributed by atoms with E-state index >= 15 is 0 Å². The number of rotatable bonds is 0. The topological polar surface area (TPSA) is 0 Å². The van der Waals surface area contributed by atoms with E-state index in [4.69, 9.17) is 11.6 Å². The molecular weight excluding hydrogens is 128 g/mol. The van der Waals surface area contributed by atoms with Crippen molar-refractivity contribution in [3.63, 3.8) is 0 Å². The van der Waals surface area contributed by atoms with Crippen LogP contribution < -0.4 is 0 Å². The van der Waals surface area contributed by atoms with Crippen LogP contribution in [0.2, 0.25) is 0 Å². The van der Waals surface area contributed by atoms with Gasteiger partial charge in [-0.25, -0.2) is 0 Å². The second-order valence-electron chi connectivity index (χ2n) is 0.402. The van der Waals surface area contributed by atoms with E-state index in [1.165, 1.54) is 5.54 Å². The van der Waals surface area contributed by atoms with Gasteiger partial charge in [0.1, 0.15) is 0 Å². The number of hydrogen-bond acceptors (Lipinski definition) is 0. The van der Waals surface area contributed by atoms with Gasteiger partial charge in [-0.2, -0.15) is 13.2 Å². The molecule has 0 nitrogen and oxygen atoms in total. The average molecular weight is 133 g/mol. The molecule has 0 aliphatic rings. The van der Waals surface area contributed by atoms with Crippen LogP contribution in [0.3, 0.4) is 0 Å². The lowest BCUT2D eigenvalue weighted by atomic mass is 11.3. The summed E-state index contributed by atoms with van der Waals surface area (Å²) in [5, 5.41) is 0. The molecule has 0 N–H and O–H groups in total. The molecule has 0 unspecified atom stereocenters. The predicted octanol–water partition coefficient (Wildman–Crippen LogP) is 2.55. The van der Waals surface area contributed by atoms with E-state index in [0.29, 0.717) is 0 Å². The van der Waals surface area contributed by atoms with E-state index in [1.807, 2.05) is 0 Å². The maximum absolute atomic E-state index is 9.67. The summed E-state index contributed by atoms with van der Waals surface area (Å²) in [6.45, 7) is -0.540. The third kappa shape index (κ3) is 2620. The molecular formula is C3H4ClF3. The highest BCUT2D eigenvalue weighted by Crippen LogP contribution is 1.87. The quantitative estimate of drug-likeness (QED) is 0.475. The van der Waals surface area contributed by atoms with E-state index in [0.717, 1.165) is 0 Å². The lowest BCUT2D eigenvalue weighted by Gasteiger charge is -1.65. The molecule has 0 rings (SSSR count). The van der Waals surface area contributed by atoms with Gasteiger partial charge in [0.25, 0.3) is 0 Å². The van der Waals surface area contributed by atoms with Crippen LogP contribution >= 0.6 is 11.6 Å². The van der Waals surface area contributed by atoms with Crippen molar-refractivity contribution in [2.75, 3.05) is 0 Å². The standard InChI is InChI=1S/C2H3Cl.CHF3/c1-2-3;2-1(3)4/h2H,1H2;1H. The van der Waals surface area contributed by atoms with Crippen molar-refractivity contribution in [1.82, 2.24) is 0 Å². The molecule has 0 aromatic rings. The summed E-state index contributed by atoms with van der Waals surface area (Å²) >= 11 is 4.76. The van der Waals surface area contributed by atoms with Gasteiger partial charge in [0, 0.05) is 0 Å². The lowest BCUT2D eigenvalue weighted by Crippen LogP contribution is -1.65. The highest BCUT2D eigenvalue weighted by molar-refractivity contribution is 6.25. The zero-order chi connectivity index (χ0) is 6.28. The van der Waals surface area contributed by atoms with Crippen molar-refractivity contribution in [3.8, 4) is 0 Å². The molecule has 0 heterocycles. The summed E-state index contributed by atoms with van der Waals surface area (Å²) in [7, 11) is 0. The first-order chi connectivity index (χ1) is 3.15. The Morgan fingerprint density at radius 2 is 1.43 bits per heavy atom. The number of hydrogen-bond donors (Lipinski definition) is 0. The molecule has 0 amide bonds. The zero-order valence-corrected chi connectivity index (χ0v) is 4.13. The normalized spacial score (nSPS) is 7.00. The minimum Gasteiger partial charge on any atom is -0.174 e. The highest BCUT2D eigenvalue weighted by Gasteiger charge is 1.86. The summed E-state index contributed by atoms with van der Waals surface area (Å²) in [6, 6.07) is 0. The molecule has 0 aromatic heterocycles. The molecule has 0 aromatic carbocycles. The molecule has 0 aliphatic heterocycles. The molecule has 0 saturated heterocycles. The van der Waals surface area contributed by atoms with Crippen LogP contribution in [0.4, 0.5) is 13.2 Å². The van der Waals surface area contributed by atoms with Crippen LogP contribution in [0, 0.1) is 0 Å². The Morgan fingerprint density at radius 3 is 1.43 bits per heavy atom. The smallest absolute Gasteiger partial charge is 0.174 e. The van der Waals surface area contributed by atoms with E-state index < -0.39 is 6.68 Å². The molecule has 0 aliphatic carbocycles. The van der Waals surface area contributed by atoms with Gasteiger partial charge >= 0.3 is 6.68 Å². The van der Waals surface area contributed by atoms with E-state index in [1.54, 1.807) is 0 Å². The summed E-state index contributed by atoms with van der Waals surface area (Å²) in [6.07, 6.45) is 0. The Morgan fingerprint density at radius 1 is 1.43 bits per heavy atom. The summed E-state index contributed by atoms with van der Waals surface area (Å²) in [5.41, 5.74) is 1.22. The van der Waals surface area contributed by atoms with Crippen molar-refractivity contribution in [1.29, 1.82) is 0 Å². The van der Waals surface area contributed by atoms with Crippen molar-refractivity contribution >= 4 is 11.6 Å². The third-order valence-corrected chi connectivity index (χ3v) is 0. The Kier molecular flexibility index (Phi) is 13.2. The monoisotopic (exact) mass is 132 g/mol. The first-order valence-electron chi connectivity index (χ1n) is 1.28. The van der Waals surface area contributed by atoms with E-state index in [-0.39, 0.29) is 0 Å². The summed E-state index contributed by atoms with van der Waals surface area (Å²) < 4.78 is 29.0. The first-order valence-corrected chi connectivity index (χ1v) is 1.72. The van der Waals surface area contributed by atoms with E-state index in [9.17, 15) is 13.2 Å². The van der Waals surface area contributed by atoms with Gasteiger partial charge < -0.3 is 0 Å². The van der Waals surface area contributed by atoms with Gasteiger partial charge in [-0.05, 0) is 5.54 Å². The molecule has 4 heteroatoms. The molecule has 0 atom stereocenters. The van der Waals surface area contributed by atoms with Crippen LogP contribution in [0.5, 0.6) is 0 Å². The summed E-state index contributed by atoms with van der Waals surface area (Å²) in [4.78, 5) is 0. The van der Waals surface area contributed by atoms with Gasteiger partial charge in [-0.1, -0.05) is 18.2 Å². The van der Waals surface area contributed by atoms with Crippen LogP contribution in [0.1, 0.15) is 0 Å². The van der Waals surface area contributed by atoms with Crippen LogP contribution in [-0.2, 0) is 0 Å². The Balaban J connectivity index is 0. The average Bonchev–Trinajstić information content (AvgIpc) is 1.33. The largest absolute Gasteiger partial charge is 0.379 e. The fourth-order valence-corrected chi connectivity index (χ4v) is 0. The minimum absolute atomic E-state index is 1.22. The third-order valence-electron chi connectivity index (χ3n) is 0. The molecule has 0 saturated carbocycles. The predicted molar refractivity (Wildman–Crippen MR) is 23.2 cm³/mol. The molecule has 0 bridgehead atoms. The Labute approximate surface area is 44.6 Å². The fourth-order valence-electron chi connectivity index (χ4n) is 0. The molecule has 0 radical (unpaired) electrons. The zero-order valence-electron chi connectivity index (χ0n) is 3.37. The van der Waals surface area contributed by atoms with Crippen molar-refractivity contribution < 1.29 is 13.2 Å². The number of halogens is 4. The van der Waals surface area contributed by atoms with Crippen LogP contribution in [0.25, 0.3) is 0 Å². The SMILES string of the molecule is C=CCl.FC(F)F. The van der Waals surface area contributed by atoms with Crippen molar-refractivity contribution in [3.05, 3.63) is 12.1 Å². The van der Waals surface area contributed by atoms with Gasteiger partial charge in [-0.15, -0.1) is 0 Å². The first kappa shape index (κ1) is 9.94. The molecule has 44 valence electrons. The minimum atomic E-state index is -3.67. The van der Waals surface area contributed by atoms with Crippen LogP contribution in [0.15, 0.2) is 12.1 Å². The number of alkyl halides is 3. The second kappa shape index (κ2) is 9.27. The second-order valence-corrected chi connectivity index (χ2v) is 0.710. The molecule has 7 heavy (non-hydrogen) atoms.